The molecular weight excluding hydrogens is 353 g/mol. The zero-order valence-corrected chi connectivity index (χ0v) is 15.2. The number of aliphatic carboxylic acids is 1. The first kappa shape index (κ1) is 17.7. The van der Waals surface area contributed by atoms with Crippen molar-refractivity contribution < 1.29 is 19.1 Å². The summed E-state index contributed by atoms with van der Waals surface area (Å²) in [6.07, 6.45) is 0. The molecule has 0 amide bonds. The second-order valence-corrected chi connectivity index (χ2v) is 7.28. The molecule has 2 aromatic rings. The Morgan fingerprint density at radius 2 is 1.85 bits per heavy atom. The molecule has 1 saturated heterocycles. The number of carboxylic acid groups (broad SMARTS) is 1. The summed E-state index contributed by atoms with van der Waals surface area (Å²) in [4.78, 5) is 40.9. The number of carbonyl (C=O) groups excluding carboxylic acids is 1. The number of aryl methyl sites for hydroxylation is 1. The third-order valence-corrected chi connectivity index (χ3v) is 5.57. The van der Waals surface area contributed by atoms with E-state index in [4.69, 9.17) is 0 Å². The van der Waals surface area contributed by atoms with Crippen LogP contribution in [0, 0.1) is 18.7 Å². The van der Waals surface area contributed by atoms with E-state index in [1.807, 2.05) is 11.9 Å². The van der Waals surface area contributed by atoms with E-state index in [1.54, 1.807) is 11.5 Å². The van der Waals surface area contributed by atoms with Crippen LogP contribution in [0.15, 0.2) is 16.9 Å². The Balaban J connectivity index is 2.02. The summed E-state index contributed by atoms with van der Waals surface area (Å²) in [5.74, 6) is -3.84. The molecule has 1 aromatic carbocycles. The number of Topliss-reactive ketones (excluding diaryl/α,β-unsaturated/α-hetero) is 1. The second kappa shape index (κ2) is 6.16. The van der Waals surface area contributed by atoms with Crippen LogP contribution in [0.5, 0.6) is 0 Å². The van der Waals surface area contributed by atoms with E-state index < -0.39 is 23.5 Å². The summed E-state index contributed by atoms with van der Waals surface area (Å²) in [6, 6.07) is 2.49. The van der Waals surface area contributed by atoms with Crippen molar-refractivity contribution in [2.75, 3.05) is 38.1 Å². The van der Waals surface area contributed by atoms with Crippen LogP contribution in [-0.4, -0.2) is 59.6 Å². The van der Waals surface area contributed by atoms with Gasteiger partial charge in [0.05, 0.1) is 16.6 Å². The molecule has 2 aliphatic heterocycles. The average molecular weight is 373 g/mol. The number of carbonyl (C=O) groups is 2. The molecule has 1 N–H and O–H groups in total. The molecule has 1 aromatic heterocycles. The van der Waals surface area contributed by atoms with Crippen molar-refractivity contribution in [3.63, 3.8) is 0 Å². The van der Waals surface area contributed by atoms with Crippen molar-refractivity contribution in [1.82, 2.24) is 9.47 Å². The minimum Gasteiger partial charge on any atom is -0.481 e. The quantitative estimate of drug-likeness (QED) is 0.794. The van der Waals surface area contributed by atoms with Crippen LogP contribution >= 0.6 is 0 Å². The summed E-state index contributed by atoms with van der Waals surface area (Å²) in [5.41, 5.74) is 0.735. The number of pyridine rings is 1. The van der Waals surface area contributed by atoms with Crippen molar-refractivity contribution in [3.05, 3.63) is 39.4 Å². The maximum atomic E-state index is 15.1. The zero-order valence-electron chi connectivity index (χ0n) is 15.2. The molecule has 4 rings (SSSR count). The molecule has 1 fully saturated rings. The smallest absolute Gasteiger partial charge is 0.316 e. The molecule has 0 aliphatic carbocycles. The van der Waals surface area contributed by atoms with Gasteiger partial charge in [0.1, 0.15) is 11.7 Å². The number of ketones is 1. The molecule has 142 valence electrons. The Labute approximate surface area is 154 Å². The minimum absolute atomic E-state index is 0.0279. The Kier molecular flexibility index (Phi) is 4.03. The molecule has 3 heterocycles. The highest BCUT2D eigenvalue weighted by atomic mass is 19.1. The normalized spacial score (nSPS) is 20.3. The molecule has 0 spiro atoms. The highest BCUT2D eigenvalue weighted by Crippen LogP contribution is 2.35. The zero-order chi connectivity index (χ0) is 19.5. The fraction of sp³-hybridized carbons (Fsp3) is 0.421. The molecule has 7 nitrogen and oxygen atoms in total. The molecule has 0 radical (unpaired) electrons. The van der Waals surface area contributed by atoms with Gasteiger partial charge in [0.15, 0.2) is 11.2 Å². The minimum atomic E-state index is -1.28. The van der Waals surface area contributed by atoms with Crippen LogP contribution in [-0.2, 0) is 11.3 Å². The van der Waals surface area contributed by atoms with Crippen LogP contribution in [0.25, 0.3) is 10.9 Å². The lowest BCUT2D eigenvalue weighted by Crippen LogP contribution is -2.45. The Bertz CT molecular complexity index is 1040. The van der Waals surface area contributed by atoms with E-state index in [0.717, 1.165) is 19.2 Å². The van der Waals surface area contributed by atoms with Crippen LogP contribution in [0.4, 0.5) is 10.1 Å². The number of halogens is 1. The van der Waals surface area contributed by atoms with Crippen molar-refractivity contribution in [2.45, 2.75) is 13.5 Å². The number of hydrogen-bond acceptors (Lipinski definition) is 5. The number of likely N-dealkylation sites (N-methyl/N-ethyl adjacent to an activating group) is 1. The fourth-order valence-electron chi connectivity index (χ4n) is 4.07. The number of piperazine rings is 1. The van der Waals surface area contributed by atoms with E-state index in [9.17, 15) is 19.5 Å². The van der Waals surface area contributed by atoms with Gasteiger partial charge < -0.3 is 19.5 Å². The molecular formula is C19H20FN3O4. The van der Waals surface area contributed by atoms with Gasteiger partial charge in [-0.05, 0) is 20.0 Å². The first-order valence-electron chi connectivity index (χ1n) is 8.86. The van der Waals surface area contributed by atoms with Gasteiger partial charge in [-0.3, -0.25) is 14.4 Å². The van der Waals surface area contributed by atoms with Crippen LogP contribution in [0.1, 0.15) is 16.1 Å². The second-order valence-electron chi connectivity index (χ2n) is 7.28. The first-order valence-corrected chi connectivity index (χ1v) is 8.86. The lowest BCUT2D eigenvalue weighted by molar-refractivity contribution is -0.140. The number of hydrogen-bond donors (Lipinski definition) is 1. The third-order valence-electron chi connectivity index (χ3n) is 5.57. The number of anilines is 1. The predicted molar refractivity (Wildman–Crippen MR) is 98.1 cm³/mol. The van der Waals surface area contributed by atoms with Crippen molar-refractivity contribution in [3.8, 4) is 0 Å². The van der Waals surface area contributed by atoms with E-state index in [0.29, 0.717) is 24.3 Å². The highest BCUT2D eigenvalue weighted by molar-refractivity contribution is 6.17. The number of benzene rings is 1. The van der Waals surface area contributed by atoms with E-state index in [2.05, 4.69) is 4.90 Å². The van der Waals surface area contributed by atoms with E-state index >= 15 is 4.39 Å². The van der Waals surface area contributed by atoms with Gasteiger partial charge in [0.25, 0.3) is 0 Å². The maximum absolute atomic E-state index is 15.1. The Morgan fingerprint density at radius 3 is 2.48 bits per heavy atom. The van der Waals surface area contributed by atoms with Gasteiger partial charge in [-0.2, -0.15) is 0 Å². The topological polar surface area (TPSA) is 82.8 Å². The van der Waals surface area contributed by atoms with Gasteiger partial charge in [0, 0.05) is 50.0 Å². The molecule has 8 heteroatoms. The van der Waals surface area contributed by atoms with Gasteiger partial charge in [-0.1, -0.05) is 0 Å². The molecule has 1 atom stereocenters. The Hall–Kier alpha value is -2.74. The Morgan fingerprint density at radius 1 is 1.19 bits per heavy atom. The summed E-state index contributed by atoms with van der Waals surface area (Å²) >= 11 is 0. The molecule has 0 bridgehead atoms. The number of aromatic nitrogens is 1. The molecule has 0 saturated carbocycles. The van der Waals surface area contributed by atoms with E-state index in [1.165, 1.54) is 6.07 Å². The van der Waals surface area contributed by atoms with Gasteiger partial charge in [-0.15, -0.1) is 0 Å². The summed E-state index contributed by atoms with van der Waals surface area (Å²) in [7, 11) is 1.98. The fourth-order valence-corrected chi connectivity index (χ4v) is 4.07. The van der Waals surface area contributed by atoms with Gasteiger partial charge in [-0.25, -0.2) is 4.39 Å². The molecule has 2 aliphatic rings. The summed E-state index contributed by atoms with van der Waals surface area (Å²) in [6.45, 7) is 4.25. The predicted octanol–water partition coefficient (Wildman–Crippen LogP) is 1.10. The summed E-state index contributed by atoms with van der Waals surface area (Å²) in [5, 5.41) is 9.55. The molecule has 27 heavy (non-hydrogen) atoms. The number of nitrogens with zero attached hydrogens (tertiary/aromatic N) is 3. The van der Waals surface area contributed by atoms with Gasteiger partial charge >= 0.3 is 5.97 Å². The standard InChI is InChI=1S/C19H20FN3O4/c1-10-7-14(24)15-16-11(18(25)12(19(26)27)9-23(10)16)8-13(20)17(15)22-5-3-21(2)4-6-22/h7-8,12H,3-6,9H2,1-2H3,(H,26,27). The lowest BCUT2D eigenvalue weighted by Gasteiger charge is -2.35. The first-order chi connectivity index (χ1) is 12.8. The van der Waals surface area contributed by atoms with Crippen LogP contribution < -0.4 is 10.3 Å². The molecule has 1 unspecified atom stereocenters. The number of rotatable bonds is 2. The number of carboxylic acids is 1. The van der Waals surface area contributed by atoms with Crippen molar-refractivity contribution >= 4 is 28.3 Å². The highest BCUT2D eigenvalue weighted by Gasteiger charge is 2.37. The lowest BCUT2D eigenvalue weighted by atomic mass is 9.90. The van der Waals surface area contributed by atoms with Gasteiger partial charge in [0.2, 0.25) is 0 Å². The maximum Gasteiger partial charge on any atom is 0.316 e. The summed E-state index contributed by atoms with van der Waals surface area (Å²) < 4.78 is 16.7. The third kappa shape index (κ3) is 2.63. The monoisotopic (exact) mass is 373 g/mol. The largest absolute Gasteiger partial charge is 0.481 e. The van der Waals surface area contributed by atoms with Crippen molar-refractivity contribution in [2.24, 2.45) is 5.92 Å². The van der Waals surface area contributed by atoms with Crippen molar-refractivity contribution in [1.29, 1.82) is 0 Å². The van der Waals surface area contributed by atoms with E-state index in [-0.39, 0.29) is 28.6 Å². The average Bonchev–Trinajstić information content (AvgIpc) is 2.61. The SMILES string of the molecule is Cc1cc(=O)c2c(N3CCN(C)CC3)c(F)cc3c2n1CC(C(=O)O)C3=O. The van der Waals surface area contributed by atoms with Crippen LogP contribution in [0.3, 0.4) is 0 Å². The van der Waals surface area contributed by atoms with Crippen LogP contribution in [0.2, 0.25) is 0 Å².